The molecule has 0 N–H and O–H groups in total. The van der Waals surface area contributed by atoms with Crippen molar-refractivity contribution in [2.24, 2.45) is 0 Å². The Kier molecular flexibility index (Phi) is 9.11. The van der Waals surface area contributed by atoms with Gasteiger partial charge in [-0.2, -0.15) is 0 Å². The lowest BCUT2D eigenvalue weighted by Crippen LogP contribution is -2.28. The van der Waals surface area contributed by atoms with E-state index in [9.17, 15) is 0 Å². The van der Waals surface area contributed by atoms with Gasteiger partial charge in [0.2, 0.25) is 0 Å². The highest BCUT2D eigenvalue weighted by Gasteiger charge is 2.46. The Morgan fingerprint density at radius 1 is 0.314 bits per heavy atom. The van der Waals surface area contributed by atoms with Gasteiger partial charge in [0, 0.05) is 38.5 Å². The van der Waals surface area contributed by atoms with Crippen molar-refractivity contribution < 1.29 is 8.83 Å². The van der Waals surface area contributed by atoms with Crippen LogP contribution < -0.4 is 4.90 Å². The second-order valence-electron chi connectivity index (χ2n) is 18.3. The van der Waals surface area contributed by atoms with Crippen molar-refractivity contribution in [3.8, 4) is 44.5 Å². The third-order valence-electron chi connectivity index (χ3n) is 14.6. The fourth-order valence-electron chi connectivity index (χ4n) is 11.6. The van der Waals surface area contributed by atoms with Crippen LogP contribution in [0, 0.1) is 0 Å². The Balaban J connectivity index is 1.06. The Morgan fingerprint density at radius 3 is 1.60 bits per heavy atom. The van der Waals surface area contributed by atoms with Crippen LogP contribution in [0.3, 0.4) is 0 Å². The van der Waals surface area contributed by atoms with Gasteiger partial charge in [-0.1, -0.05) is 218 Å². The Hall–Kier alpha value is -9.18. The summed E-state index contributed by atoms with van der Waals surface area (Å²) in [6, 6.07) is 94.0. The van der Waals surface area contributed by atoms with Crippen LogP contribution in [-0.4, -0.2) is 0 Å². The van der Waals surface area contributed by atoms with Crippen molar-refractivity contribution in [2.45, 2.75) is 5.41 Å². The van der Waals surface area contributed by atoms with Gasteiger partial charge in [-0.15, -0.1) is 0 Å². The fourth-order valence-corrected chi connectivity index (χ4v) is 11.6. The maximum Gasteiger partial charge on any atom is 0.159 e. The Labute approximate surface area is 405 Å². The Bertz CT molecular complexity index is 4060. The van der Waals surface area contributed by atoms with Crippen LogP contribution in [-0.2, 0) is 5.41 Å². The minimum atomic E-state index is -0.573. The molecule has 3 nitrogen and oxygen atoms in total. The molecule has 0 saturated heterocycles. The van der Waals surface area contributed by atoms with E-state index in [-0.39, 0.29) is 0 Å². The maximum atomic E-state index is 7.54. The average Bonchev–Trinajstić information content (AvgIpc) is 4.10. The highest BCUT2D eigenvalue weighted by Crippen LogP contribution is 2.58. The average molecular weight is 894 g/mol. The van der Waals surface area contributed by atoms with Gasteiger partial charge < -0.3 is 13.7 Å². The van der Waals surface area contributed by atoms with Crippen LogP contribution in [0.5, 0.6) is 0 Å². The molecule has 0 fully saturated rings. The van der Waals surface area contributed by atoms with E-state index in [1.165, 1.54) is 38.9 Å². The smallest absolute Gasteiger partial charge is 0.159 e. The summed E-state index contributed by atoms with van der Waals surface area (Å²) >= 11 is 0. The molecule has 0 aliphatic heterocycles. The monoisotopic (exact) mass is 893 g/mol. The van der Waals surface area contributed by atoms with Crippen LogP contribution in [0.2, 0.25) is 0 Å². The van der Waals surface area contributed by atoms with E-state index >= 15 is 0 Å². The first kappa shape index (κ1) is 39.9. The molecule has 70 heavy (non-hydrogen) atoms. The van der Waals surface area contributed by atoms with E-state index in [1.54, 1.807) is 0 Å². The highest BCUT2D eigenvalue weighted by molar-refractivity contribution is 6.25. The standard InChI is InChI=1S/C67H43NO2/c1-5-20-44(21-6-1)45-36-38-49(39-37-45)68(50-40-41-53-52-29-15-17-33-58(52)67(59(53)42-50,47-24-9-3-10-25-47)48-26-11-4-12-27-48)60-34-19-32-55-57-43-62-63(56-31-16-18-35-61(56)69-62)64(66(57)70-65(55)60)54-30-14-13-28-51(54)46-22-7-2-8-23-46/h1-43H. The lowest BCUT2D eigenvalue weighted by molar-refractivity contribution is 0.665. The van der Waals surface area contributed by atoms with Gasteiger partial charge in [-0.3, -0.25) is 0 Å². The number of rotatable bonds is 8. The molecule has 1 aliphatic rings. The molecule has 1 aliphatic carbocycles. The van der Waals surface area contributed by atoms with E-state index in [0.29, 0.717) is 0 Å². The fraction of sp³-hybridized carbons (Fsp3) is 0.0149. The topological polar surface area (TPSA) is 29.5 Å². The number of benzene rings is 11. The first-order valence-corrected chi connectivity index (χ1v) is 24.0. The van der Waals surface area contributed by atoms with Crippen molar-refractivity contribution in [3.05, 3.63) is 283 Å². The molecule has 2 heterocycles. The summed E-state index contributed by atoms with van der Waals surface area (Å²) in [7, 11) is 0. The van der Waals surface area contributed by atoms with Gasteiger partial charge in [0.25, 0.3) is 0 Å². The predicted octanol–water partition coefficient (Wildman–Crippen LogP) is 18.3. The van der Waals surface area contributed by atoms with Crippen LogP contribution in [0.1, 0.15) is 22.3 Å². The Morgan fingerprint density at radius 2 is 0.871 bits per heavy atom. The van der Waals surface area contributed by atoms with E-state index in [1.807, 2.05) is 6.07 Å². The third-order valence-corrected chi connectivity index (χ3v) is 14.6. The number of nitrogens with zero attached hydrogens (tertiary/aromatic N) is 1. The number of hydrogen-bond donors (Lipinski definition) is 0. The summed E-state index contributed by atoms with van der Waals surface area (Å²) in [6.45, 7) is 0. The zero-order valence-electron chi connectivity index (χ0n) is 38.1. The van der Waals surface area contributed by atoms with E-state index in [4.69, 9.17) is 8.83 Å². The third kappa shape index (κ3) is 6.01. The lowest BCUT2D eigenvalue weighted by atomic mass is 9.67. The summed E-state index contributed by atoms with van der Waals surface area (Å²) in [4.78, 5) is 2.39. The summed E-state index contributed by atoms with van der Waals surface area (Å²) in [5.41, 5.74) is 19.8. The molecule has 14 rings (SSSR count). The van der Waals surface area contributed by atoms with Crippen LogP contribution in [0.25, 0.3) is 88.4 Å². The normalized spacial score (nSPS) is 12.7. The predicted molar refractivity (Wildman–Crippen MR) is 289 cm³/mol. The SMILES string of the molecule is c1ccc(-c2ccc(N(c3ccc4c(c3)C(c3ccccc3)(c3ccccc3)c3ccccc3-4)c3cccc4c3oc3c(-c5ccccc5-c5ccccc5)c5c(cc34)oc3ccccc35)cc2)cc1. The number of fused-ring (bicyclic) bond motifs is 9. The second-order valence-corrected chi connectivity index (χ2v) is 18.3. The summed E-state index contributed by atoms with van der Waals surface area (Å²) in [5.74, 6) is 0. The van der Waals surface area contributed by atoms with Gasteiger partial charge in [-0.25, -0.2) is 0 Å². The number of hydrogen-bond acceptors (Lipinski definition) is 3. The molecule has 11 aromatic carbocycles. The minimum Gasteiger partial charge on any atom is -0.456 e. The first-order valence-electron chi connectivity index (χ1n) is 24.0. The van der Waals surface area contributed by atoms with Gasteiger partial charge in [-0.05, 0) is 104 Å². The molecule has 0 unspecified atom stereocenters. The van der Waals surface area contributed by atoms with E-state index < -0.39 is 5.41 Å². The van der Waals surface area contributed by atoms with Gasteiger partial charge in [0.15, 0.2) is 5.58 Å². The molecule has 0 amide bonds. The summed E-state index contributed by atoms with van der Waals surface area (Å²) in [6.07, 6.45) is 0. The van der Waals surface area contributed by atoms with Crippen LogP contribution in [0.4, 0.5) is 17.1 Å². The van der Waals surface area contributed by atoms with Crippen molar-refractivity contribution in [3.63, 3.8) is 0 Å². The maximum absolute atomic E-state index is 7.54. The molecule has 3 heteroatoms. The van der Waals surface area contributed by atoms with Gasteiger partial charge >= 0.3 is 0 Å². The molecule has 0 atom stereocenters. The van der Waals surface area contributed by atoms with Crippen molar-refractivity contribution in [1.29, 1.82) is 0 Å². The number of anilines is 3. The van der Waals surface area contributed by atoms with E-state index in [2.05, 4.69) is 260 Å². The lowest BCUT2D eigenvalue weighted by Gasteiger charge is -2.35. The van der Waals surface area contributed by atoms with Gasteiger partial charge in [0.1, 0.15) is 16.7 Å². The molecule has 2 aromatic heterocycles. The molecule has 0 spiro atoms. The zero-order chi connectivity index (χ0) is 46.2. The molecule has 0 radical (unpaired) electrons. The summed E-state index contributed by atoms with van der Waals surface area (Å²) < 4.78 is 14.3. The summed E-state index contributed by atoms with van der Waals surface area (Å²) in [5, 5.41) is 4.10. The van der Waals surface area contributed by atoms with Crippen LogP contribution >= 0.6 is 0 Å². The molecule has 13 aromatic rings. The molecule has 0 saturated carbocycles. The van der Waals surface area contributed by atoms with Crippen molar-refractivity contribution in [1.82, 2.24) is 0 Å². The molecule has 0 bridgehead atoms. The zero-order valence-corrected chi connectivity index (χ0v) is 38.1. The number of para-hydroxylation sites is 2. The van der Waals surface area contributed by atoms with E-state index in [0.717, 1.165) is 88.8 Å². The quantitative estimate of drug-likeness (QED) is 0.152. The number of furan rings is 2. The largest absolute Gasteiger partial charge is 0.456 e. The second kappa shape index (κ2) is 16.0. The highest BCUT2D eigenvalue weighted by atomic mass is 16.3. The van der Waals surface area contributed by atoms with Gasteiger partial charge in [0.05, 0.1) is 11.1 Å². The van der Waals surface area contributed by atoms with Crippen molar-refractivity contribution >= 4 is 60.9 Å². The molecular weight excluding hydrogens is 851 g/mol. The van der Waals surface area contributed by atoms with Crippen LogP contribution in [0.15, 0.2) is 270 Å². The minimum absolute atomic E-state index is 0.573. The first-order chi connectivity index (χ1) is 34.7. The molecular formula is C67H43NO2. The molecule has 328 valence electrons. The van der Waals surface area contributed by atoms with Crippen molar-refractivity contribution in [2.75, 3.05) is 4.90 Å².